The summed E-state index contributed by atoms with van der Waals surface area (Å²) >= 11 is 0. The van der Waals surface area contributed by atoms with Crippen LogP contribution in [0.1, 0.15) is 13.8 Å². The summed E-state index contributed by atoms with van der Waals surface area (Å²) in [5.74, 6) is -1.08. The Labute approximate surface area is 261 Å². The third-order valence-electron chi connectivity index (χ3n) is 7.52. The first-order valence-corrected chi connectivity index (χ1v) is 14.8. The van der Waals surface area contributed by atoms with E-state index in [0.29, 0.717) is 0 Å². The molecule has 0 radical (unpaired) electrons. The van der Waals surface area contributed by atoms with Crippen molar-refractivity contribution >= 4 is 5.91 Å². The van der Waals surface area contributed by atoms with Crippen molar-refractivity contribution < 1.29 is 73.3 Å². The summed E-state index contributed by atoms with van der Waals surface area (Å²) in [6.07, 6.45) is -12.4. The fraction of sp³-hybridized carbons (Fsp3) is 0.852. The zero-order chi connectivity index (χ0) is 33.1. The number of aliphatic hydroxyl groups is 6. The van der Waals surface area contributed by atoms with Gasteiger partial charge in [0, 0.05) is 26.7 Å². The first-order valence-electron chi connectivity index (χ1n) is 14.8. The lowest BCUT2D eigenvalue weighted by atomic mass is 9.89. The Hall–Kier alpha value is -1.17. The number of hydrogen-bond acceptors (Lipinski definition) is 17. The molecule has 0 spiro atoms. The molecule has 0 bridgehead atoms. The Bertz CT molecular complexity index is 864. The minimum absolute atomic E-state index is 0.00768. The number of nitrogens with one attached hydrogen (secondary N) is 1. The molecule has 1 amide bonds. The third-order valence-corrected chi connectivity index (χ3v) is 7.52. The minimum Gasteiger partial charge on any atom is -0.548 e. The number of aliphatic hydroxyl groups excluding tert-OH is 6. The maximum Gasteiger partial charge on any atom is 0.217 e. The van der Waals surface area contributed by atoms with Gasteiger partial charge in [-0.05, 0) is 24.2 Å². The fourth-order valence-electron chi connectivity index (χ4n) is 5.09. The fourth-order valence-corrected chi connectivity index (χ4v) is 5.09. The van der Waals surface area contributed by atoms with E-state index in [4.69, 9.17) is 59.6 Å². The van der Waals surface area contributed by atoms with Crippen molar-refractivity contribution in [2.24, 2.45) is 17.4 Å². The molecule has 3 aliphatic rings. The van der Waals surface area contributed by atoms with E-state index in [1.54, 1.807) is 6.92 Å². The molecule has 3 saturated heterocycles. The second-order valence-electron chi connectivity index (χ2n) is 10.9. The van der Waals surface area contributed by atoms with Crippen LogP contribution in [0, 0.1) is 25.7 Å². The molecule has 6 unspecified atom stereocenters. The second kappa shape index (κ2) is 19.0. The molecule has 3 aliphatic heterocycles. The summed E-state index contributed by atoms with van der Waals surface area (Å²) in [7, 11) is 0. The van der Waals surface area contributed by atoms with Crippen molar-refractivity contribution in [3.63, 3.8) is 0 Å². The van der Waals surface area contributed by atoms with E-state index in [1.807, 2.05) is 0 Å². The van der Waals surface area contributed by atoms with Crippen molar-refractivity contribution in [1.29, 1.82) is 0 Å². The molecule has 264 valence electrons. The molecule has 18 nitrogen and oxygen atoms in total. The molecule has 18 heteroatoms. The monoisotopic (exact) mass is 654 g/mol. The molecule has 0 aromatic heterocycles. The summed E-state index contributed by atoms with van der Waals surface area (Å²) < 4.78 is 45.8. The molecular formula is C27H48N3O15-3. The van der Waals surface area contributed by atoms with Gasteiger partial charge < -0.3 is 85.3 Å². The van der Waals surface area contributed by atoms with Crippen molar-refractivity contribution in [3.05, 3.63) is 19.8 Å². The van der Waals surface area contributed by atoms with Crippen LogP contribution in [0.4, 0.5) is 0 Å². The molecule has 3 rings (SSSR count). The number of ether oxygens (including phenoxy) is 8. The van der Waals surface area contributed by atoms with Crippen LogP contribution in [0.2, 0.25) is 0 Å². The minimum atomic E-state index is -1.59. The van der Waals surface area contributed by atoms with Gasteiger partial charge in [-0.2, -0.15) is 19.8 Å². The normalized spacial score (nSPS) is 40.8. The average molecular weight is 655 g/mol. The summed E-state index contributed by atoms with van der Waals surface area (Å²) in [5, 5.41) is 63.2. The summed E-state index contributed by atoms with van der Waals surface area (Å²) in [6, 6.07) is -3.26. The van der Waals surface area contributed by atoms with Crippen molar-refractivity contribution in [2.75, 3.05) is 46.2 Å². The Morgan fingerprint density at radius 3 is 1.89 bits per heavy atom. The van der Waals surface area contributed by atoms with Gasteiger partial charge >= 0.3 is 0 Å². The number of nitrogens with two attached hydrogens (primary N) is 2. The molecule has 0 aromatic carbocycles. The number of amides is 1. The molecule has 3 fully saturated rings. The highest BCUT2D eigenvalue weighted by Gasteiger charge is 2.49. The van der Waals surface area contributed by atoms with Crippen LogP contribution in [0.5, 0.6) is 0 Å². The maximum absolute atomic E-state index is 12.2. The van der Waals surface area contributed by atoms with Gasteiger partial charge in [-0.1, -0.05) is 6.92 Å². The molecule has 3 heterocycles. The van der Waals surface area contributed by atoms with Crippen LogP contribution in [0.3, 0.4) is 0 Å². The van der Waals surface area contributed by atoms with Crippen LogP contribution in [0.25, 0.3) is 0 Å². The van der Waals surface area contributed by atoms with E-state index in [-0.39, 0.29) is 46.2 Å². The van der Waals surface area contributed by atoms with Gasteiger partial charge in [-0.3, -0.25) is 4.79 Å². The molecule has 0 saturated carbocycles. The van der Waals surface area contributed by atoms with Gasteiger partial charge in [0.05, 0.1) is 62.9 Å². The topological polar surface area (TPSA) is 276 Å². The summed E-state index contributed by atoms with van der Waals surface area (Å²) in [6.45, 7) is 5.49. The smallest absolute Gasteiger partial charge is 0.217 e. The van der Waals surface area contributed by atoms with Crippen LogP contribution in [-0.2, 0) is 42.7 Å². The first kappa shape index (κ1) is 38.3. The van der Waals surface area contributed by atoms with Gasteiger partial charge in [0.25, 0.3) is 0 Å². The van der Waals surface area contributed by atoms with Gasteiger partial charge in [0.2, 0.25) is 5.91 Å². The quantitative estimate of drug-likeness (QED) is 0.0524. The Morgan fingerprint density at radius 1 is 0.800 bits per heavy atom. The van der Waals surface area contributed by atoms with E-state index >= 15 is 0 Å². The van der Waals surface area contributed by atoms with E-state index in [1.165, 1.54) is 20.1 Å². The largest absolute Gasteiger partial charge is 0.548 e. The Balaban J connectivity index is 1.86. The first-order chi connectivity index (χ1) is 21.5. The Morgan fingerprint density at radius 2 is 1.31 bits per heavy atom. The Kier molecular flexibility index (Phi) is 16.1. The third kappa shape index (κ3) is 10.4. The summed E-state index contributed by atoms with van der Waals surface area (Å²) in [5.41, 5.74) is 12.3. The van der Waals surface area contributed by atoms with Crippen molar-refractivity contribution in [3.8, 4) is 0 Å². The maximum atomic E-state index is 12.2. The van der Waals surface area contributed by atoms with Gasteiger partial charge in [-0.25, -0.2) is 0 Å². The van der Waals surface area contributed by atoms with Crippen molar-refractivity contribution in [1.82, 2.24) is 5.32 Å². The molecular weight excluding hydrogens is 606 g/mol. The van der Waals surface area contributed by atoms with E-state index in [9.17, 15) is 25.2 Å². The standard InChI is InChI=1S/C27H48N3O15/c1-13-16(10-38-6-3-31)42-26(19(29)21(13)35)44-25-18(12-40-8-5-33)43-27(20(23(25)37)30-14(2)34)45-24-17(11-39-7-4-32)41-9-15(28)22(24)36/h10-13,15-27,31-33,35-37H,3-9,28-29H2,1-2H3,(H,30,34)/q-3/t13-,15?,16?,17?,18-,19?,20?,21-,22+,23?,24+,25+,26-,27-/m0/s1. The average Bonchev–Trinajstić information content (AvgIpc) is 3.01. The van der Waals surface area contributed by atoms with Crippen LogP contribution in [0.15, 0.2) is 0 Å². The number of carbonyl (C=O) groups excluding carboxylic acids is 1. The highest BCUT2D eigenvalue weighted by Crippen LogP contribution is 2.34. The van der Waals surface area contributed by atoms with Gasteiger partial charge in [0.1, 0.15) is 12.1 Å². The molecule has 45 heavy (non-hydrogen) atoms. The van der Waals surface area contributed by atoms with Crippen LogP contribution in [-0.4, -0.2) is 162 Å². The zero-order valence-electron chi connectivity index (χ0n) is 25.3. The van der Waals surface area contributed by atoms with Crippen molar-refractivity contribution in [2.45, 2.75) is 93.4 Å². The van der Waals surface area contributed by atoms with Gasteiger partial charge in [-0.15, -0.1) is 0 Å². The summed E-state index contributed by atoms with van der Waals surface area (Å²) in [4.78, 5) is 12.2. The SMILES string of the molecule is CC(=O)NC1C(O)[C@H](O[C@@H]2OC([CH-]OCCO)[C@H](C)[C@H](O)C2N)[C@H]([CH-]OCCO)O[C@H]1O[C@@H]1C([CH-]OCCO)OCC(N)[C@H]1O. The number of rotatable bonds is 17. The molecule has 0 aliphatic carbocycles. The molecule has 14 atom stereocenters. The highest BCUT2D eigenvalue weighted by molar-refractivity contribution is 5.73. The number of carbonyl (C=O) groups is 1. The van der Waals surface area contributed by atoms with Crippen LogP contribution < -0.4 is 16.8 Å². The predicted octanol–water partition coefficient (Wildman–Crippen LogP) is -5.00. The highest BCUT2D eigenvalue weighted by atomic mass is 16.7. The second-order valence-corrected chi connectivity index (χ2v) is 10.9. The number of hydrogen-bond donors (Lipinski definition) is 9. The van der Waals surface area contributed by atoms with E-state index in [0.717, 1.165) is 6.61 Å². The zero-order valence-corrected chi connectivity index (χ0v) is 25.3. The van der Waals surface area contributed by atoms with Gasteiger partial charge in [0.15, 0.2) is 12.6 Å². The lowest BCUT2D eigenvalue weighted by molar-refractivity contribution is -0.334. The predicted molar refractivity (Wildman–Crippen MR) is 150 cm³/mol. The molecule has 11 N–H and O–H groups in total. The van der Waals surface area contributed by atoms with E-state index < -0.39 is 91.4 Å². The lowest BCUT2D eigenvalue weighted by Crippen LogP contribution is -2.68. The van der Waals surface area contributed by atoms with Crippen LogP contribution >= 0.6 is 0 Å². The van der Waals surface area contributed by atoms with E-state index in [2.05, 4.69) is 5.32 Å². The lowest BCUT2D eigenvalue weighted by Gasteiger charge is -2.53. The molecule has 0 aromatic rings.